The van der Waals surface area contributed by atoms with Crippen LogP contribution in [0.1, 0.15) is 26.3 Å². The molecule has 154 valence electrons. The number of carbonyl (C=O) groups excluding carboxylic acids is 1. The van der Waals surface area contributed by atoms with Gasteiger partial charge in [0.25, 0.3) is 15.9 Å². The Morgan fingerprint density at radius 1 is 0.967 bits per heavy atom. The summed E-state index contributed by atoms with van der Waals surface area (Å²) in [5.74, 6) is -2.38. The molecule has 0 saturated carbocycles. The molecule has 0 unspecified atom stereocenters. The number of carboxylic acids is 1. The van der Waals surface area contributed by atoms with Gasteiger partial charge in [-0.25, -0.2) is 17.6 Å². The number of nitrogens with one attached hydrogen (secondary N) is 2. The molecule has 0 aromatic heterocycles. The molecule has 0 aliphatic rings. The first-order chi connectivity index (χ1) is 14.2. The molecule has 0 bridgehead atoms. The van der Waals surface area contributed by atoms with E-state index in [0.29, 0.717) is 5.56 Å². The zero-order chi connectivity index (χ0) is 21.9. The van der Waals surface area contributed by atoms with E-state index in [2.05, 4.69) is 10.0 Å². The maximum Gasteiger partial charge on any atom is 0.337 e. The van der Waals surface area contributed by atoms with Crippen molar-refractivity contribution in [1.29, 1.82) is 0 Å². The molecule has 0 radical (unpaired) electrons. The third-order valence-electron chi connectivity index (χ3n) is 4.24. The van der Waals surface area contributed by atoms with Crippen LogP contribution < -0.4 is 10.0 Å². The minimum atomic E-state index is -4.05. The van der Waals surface area contributed by atoms with Gasteiger partial charge in [-0.05, 0) is 61.0 Å². The zero-order valence-electron chi connectivity index (χ0n) is 15.7. The third-order valence-corrected chi connectivity index (χ3v) is 5.77. The van der Waals surface area contributed by atoms with Crippen LogP contribution in [0.25, 0.3) is 0 Å². The van der Waals surface area contributed by atoms with Crippen LogP contribution in [0.2, 0.25) is 0 Å². The number of hydrogen-bond acceptors (Lipinski definition) is 4. The highest BCUT2D eigenvalue weighted by Gasteiger charge is 2.20. The number of aryl methyl sites for hydroxylation is 1. The number of para-hydroxylation sites is 1. The molecule has 0 saturated heterocycles. The van der Waals surface area contributed by atoms with Crippen molar-refractivity contribution in [2.75, 3.05) is 10.0 Å². The van der Waals surface area contributed by atoms with Crippen LogP contribution >= 0.6 is 0 Å². The predicted octanol–water partition coefficient (Wildman–Crippen LogP) is 3.89. The number of carbonyl (C=O) groups is 2. The van der Waals surface area contributed by atoms with E-state index in [1.807, 2.05) is 0 Å². The molecule has 0 atom stereocenters. The number of amides is 1. The van der Waals surface area contributed by atoms with Crippen molar-refractivity contribution < 1.29 is 27.5 Å². The van der Waals surface area contributed by atoms with Crippen LogP contribution in [0.4, 0.5) is 15.8 Å². The first-order valence-corrected chi connectivity index (χ1v) is 10.2. The van der Waals surface area contributed by atoms with E-state index in [4.69, 9.17) is 0 Å². The molecule has 0 heterocycles. The van der Waals surface area contributed by atoms with Crippen LogP contribution in [-0.4, -0.2) is 25.4 Å². The maximum absolute atomic E-state index is 13.0. The Morgan fingerprint density at radius 3 is 2.30 bits per heavy atom. The van der Waals surface area contributed by atoms with E-state index in [-0.39, 0.29) is 27.4 Å². The van der Waals surface area contributed by atoms with E-state index in [9.17, 15) is 27.5 Å². The highest BCUT2D eigenvalue weighted by Crippen LogP contribution is 2.22. The molecule has 1 amide bonds. The smallest absolute Gasteiger partial charge is 0.337 e. The second-order valence-electron chi connectivity index (χ2n) is 6.40. The molecule has 3 aromatic rings. The summed E-state index contributed by atoms with van der Waals surface area (Å²) >= 11 is 0. The molecule has 9 heteroatoms. The lowest BCUT2D eigenvalue weighted by Crippen LogP contribution is -2.18. The summed E-state index contributed by atoms with van der Waals surface area (Å²) in [6.07, 6.45) is 0. The number of benzene rings is 3. The molecule has 0 aliphatic heterocycles. The van der Waals surface area contributed by atoms with Gasteiger partial charge in [0.1, 0.15) is 5.82 Å². The van der Waals surface area contributed by atoms with Crippen molar-refractivity contribution in [2.24, 2.45) is 0 Å². The lowest BCUT2D eigenvalue weighted by molar-refractivity contribution is 0.0698. The van der Waals surface area contributed by atoms with Gasteiger partial charge < -0.3 is 10.4 Å². The number of anilines is 2. The van der Waals surface area contributed by atoms with Crippen molar-refractivity contribution in [1.82, 2.24) is 0 Å². The Hall–Kier alpha value is -3.72. The molecule has 0 fully saturated rings. The van der Waals surface area contributed by atoms with E-state index in [1.54, 1.807) is 13.0 Å². The molecule has 30 heavy (non-hydrogen) atoms. The molecule has 3 rings (SSSR count). The molecule has 3 N–H and O–H groups in total. The van der Waals surface area contributed by atoms with E-state index in [0.717, 1.165) is 12.1 Å². The van der Waals surface area contributed by atoms with E-state index < -0.39 is 27.7 Å². The zero-order valence-corrected chi connectivity index (χ0v) is 16.5. The fourth-order valence-corrected chi connectivity index (χ4v) is 4.06. The van der Waals surface area contributed by atoms with Gasteiger partial charge in [-0.1, -0.05) is 18.2 Å². The van der Waals surface area contributed by atoms with Gasteiger partial charge in [-0.3, -0.25) is 9.52 Å². The van der Waals surface area contributed by atoms with Gasteiger partial charge >= 0.3 is 5.97 Å². The van der Waals surface area contributed by atoms with Crippen LogP contribution in [0.5, 0.6) is 0 Å². The van der Waals surface area contributed by atoms with Crippen LogP contribution in [0.15, 0.2) is 71.6 Å². The fraction of sp³-hybridized carbons (Fsp3) is 0.0476. The second kappa shape index (κ2) is 8.34. The largest absolute Gasteiger partial charge is 0.478 e. The lowest BCUT2D eigenvalue weighted by atomic mass is 10.1. The highest BCUT2D eigenvalue weighted by molar-refractivity contribution is 7.92. The Balaban J connectivity index is 1.90. The number of carboxylic acid groups (broad SMARTS) is 1. The number of hydrogen-bond donors (Lipinski definition) is 3. The van der Waals surface area contributed by atoms with Gasteiger partial charge in [-0.15, -0.1) is 0 Å². The Bertz CT molecular complexity index is 1220. The first kappa shape index (κ1) is 21.0. The Kier molecular flexibility index (Phi) is 5.84. The first-order valence-electron chi connectivity index (χ1n) is 8.70. The van der Waals surface area contributed by atoms with Crippen molar-refractivity contribution in [3.8, 4) is 0 Å². The van der Waals surface area contributed by atoms with Crippen molar-refractivity contribution in [2.45, 2.75) is 11.8 Å². The summed E-state index contributed by atoms with van der Waals surface area (Å²) in [7, 11) is -4.05. The lowest BCUT2D eigenvalue weighted by Gasteiger charge is -2.13. The second-order valence-corrected chi connectivity index (χ2v) is 8.05. The average molecular weight is 428 g/mol. The fourth-order valence-electron chi connectivity index (χ4n) is 2.73. The minimum Gasteiger partial charge on any atom is -0.478 e. The number of sulfonamides is 1. The van der Waals surface area contributed by atoms with Crippen molar-refractivity contribution in [3.63, 3.8) is 0 Å². The molecule has 0 spiro atoms. The summed E-state index contributed by atoms with van der Waals surface area (Å²) in [5, 5.41) is 11.7. The standard InChI is InChI=1S/C21H17FN2O5S/c1-13-6-7-14(20(25)23-18-5-3-2-4-17(18)21(26)27)12-19(13)30(28,29)24-16-10-8-15(22)9-11-16/h2-12,24H,1H3,(H,23,25)(H,26,27). The Morgan fingerprint density at radius 2 is 1.63 bits per heavy atom. The van der Waals surface area contributed by atoms with E-state index >= 15 is 0 Å². The van der Waals surface area contributed by atoms with Crippen LogP contribution in [0.3, 0.4) is 0 Å². The van der Waals surface area contributed by atoms with Crippen LogP contribution in [-0.2, 0) is 10.0 Å². The topological polar surface area (TPSA) is 113 Å². The molecular weight excluding hydrogens is 411 g/mol. The molecule has 0 aliphatic carbocycles. The summed E-state index contributed by atoms with van der Waals surface area (Å²) in [4.78, 5) is 23.8. The monoisotopic (exact) mass is 428 g/mol. The minimum absolute atomic E-state index is 0.0280. The summed E-state index contributed by atoms with van der Waals surface area (Å²) in [6, 6.07) is 14.8. The highest BCUT2D eigenvalue weighted by atomic mass is 32.2. The number of rotatable bonds is 6. The van der Waals surface area contributed by atoms with Gasteiger partial charge in [0.15, 0.2) is 0 Å². The number of aromatic carboxylic acids is 1. The molecular formula is C21H17FN2O5S. The SMILES string of the molecule is Cc1ccc(C(=O)Nc2ccccc2C(=O)O)cc1S(=O)(=O)Nc1ccc(F)cc1. The van der Waals surface area contributed by atoms with Gasteiger partial charge in [-0.2, -0.15) is 0 Å². The molecule has 7 nitrogen and oxygen atoms in total. The van der Waals surface area contributed by atoms with Gasteiger partial charge in [0.2, 0.25) is 0 Å². The quantitative estimate of drug-likeness (QED) is 0.551. The summed E-state index contributed by atoms with van der Waals surface area (Å²) < 4.78 is 40.9. The predicted molar refractivity (Wildman–Crippen MR) is 110 cm³/mol. The average Bonchev–Trinajstić information content (AvgIpc) is 2.70. The number of halogens is 1. The van der Waals surface area contributed by atoms with Crippen molar-refractivity contribution >= 4 is 33.3 Å². The normalized spacial score (nSPS) is 11.0. The van der Waals surface area contributed by atoms with Crippen molar-refractivity contribution in [3.05, 3.63) is 89.2 Å². The third kappa shape index (κ3) is 4.64. The van der Waals surface area contributed by atoms with E-state index in [1.165, 1.54) is 48.5 Å². The van der Waals surface area contributed by atoms with Gasteiger partial charge in [0.05, 0.1) is 16.1 Å². The Labute approximate surface area is 172 Å². The van der Waals surface area contributed by atoms with Crippen LogP contribution in [0, 0.1) is 12.7 Å². The summed E-state index contributed by atoms with van der Waals surface area (Å²) in [6.45, 7) is 1.57. The molecule has 3 aromatic carbocycles. The summed E-state index contributed by atoms with van der Waals surface area (Å²) in [5.41, 5.74) is 0.585. The maximum atomic E-state index is 13.0. The van der Waals surface area contributed by atoms with Gasteiger partial charge in [0, 0.05) is 11.3 Å².